The summed E-state index contributed by atoms with van der Waals surface area (Å²) in [5.74, 6) is 0.502. The van der Waals surface area contributed by atoms with Crippen LogP contribution in [0.3, 0.4) is 0 Å². The van der Waals surface area contributed by atoms with E-state index >= 15 is 0 Å². The lowest BCUT2D eigenvalue weighted by atomic mass is 10.1. The molecule has 0 aliphatic carbocycles. The van der Waals surface area contributed by atoms with Gasteiger partial charge in [0.2, 0.25) is 0 Å². The lowest BCUT2D eigenvalue weighted by Gasteiger charge is -2.26. The number of hydrogen-bond donors (Lipinski definition) is 1. The average Bonchev–Trinajstić information content (AvgIpc) is 2.84. The lowest BCUT2D eigenvalue weighted by molar-refractivity contribution is -0.130. The molecule has 1 N–H and O–H groups in total. The standard InChI is InChI=1S/C25H27BrN2O7/c1-5-9-35-19-8-7-15(12-20(19)32-3)14-28-24(30)17(23(29)27-25(28)31)10-16-11-18(26)22(34-6-2)21(13-16)33-4/h7-8,10-13H,5-6,9,14H2,1-4H3,(H,27,29,31)/b17-10+. The zero-order chi connectivity index (χ0) is 25.5. The highest BCUT2D eigenvalue weighted by atomic mass is 79.9. The zero-order valence-corrected chi connectivity index (χ0v) is 21.6. The summed E-state index contributed by atoms with van der Waals surface area (Å²) in [7, 11) is 3.01. The topological polar surface area (TPSA) is 103 Å². The largest absolute Gasteiger partial charge is 0.493 e. The average molecular weight is 547 g/mol. The molecule has 1 aliphatic rings. The molecule has 0 spiro atoms. The number of hydrogen-bond acceptors (Lipinski definition) is 7. The number of carbonyl (C=O) groups excluding carboxylic acids is 3. The minimum absolute atomic E-state index is 0.0595. The Bertz CT molecular complexity index is 1160. The van der Waals surface area contributed by atoms with Gasteiger partial charge in [0, 0.05) is 0 Å². The van der Waals surface area contributed by atoms with Crippen LogP contribution < -0.4 is 24.3 Å². The molecule has 10 heteroatoms. The van der Waals surface area contributed by atoms with Gasteiger partial charge in [0.15, 0.2) is 23.0 Å². The molecule has 2 aromatic rings. The molecule has 0 unspecified atom stereocenters. The van der Waals surface area contributed by atoms with Crippen molar-refractivity contribution < 1.29 is 33.3 Å². The molecule has 2 aromatic carbocycles. The summed E-state index contributed by atoms with van der Waals surface area (Å²) in [6.07, 6.45) is 2.25. The summed E-state index contributed by atoms with van der Waals surface area (Å²) in [6, 6.07) is 7.70. The molecule has 1 saturated heterocycles. The van der Waals surface area contributed by atoms with Crippen molar-refractivity contribution in [1.82, 2.24) is 10.2 Å². The van der Waals surface area contributed by atoms with Gasteiger partial charge in [-0.2, -0.15) is 0 Å². The summed E-state index contributed by atoms with van der Waals surface area (Å²) in [6.45, 7) is 4.75. The van der Waals surface area contributed by atoms with E-state index in [2.05, 4.69) is 21.2 Å². The minimum Gasteiger partial charge on any atom is -0.493 e. The molecular weight excluding hydrogens is 520 g/mol. The van der Waals surface area contributed by atoms with Crippen LogP contribution in [0, 0.1) is 0 Å². The van der Waals surface area contributed by atoms with Crippen molar-refractivity contribution in [3.8, 4) is 23.0 Å². The summed E-state index contributed by atoms with van der Waals surface area (Å²) in [5.41, 5.74) is 0.968. The smallest absolute Gasteiger partial charge is 0.331 e. The Morgan fingerprint density at radius 1 is 0.971 bits per heavy atom. The predicted molar refractivity (Wildman–Crippen MR) is 133 cm³/mol. The molecule has 0 saturated carbocycles. The molecule has 0 aromatic heterocycles. The molecule has 3 rings (SSSR count). The second kappa shape index (κ2) is 11.7. The van der Waals surface area contributed by atoms with Crippen LogP contribution in [-0.2, 0) is 16.1 Å². The van der Waals surface area contributed by atoms with E-state index in [0.717, 1.165) is 11.3 Å². The van der Waals surface area contributed by atoms with E-state index in [-0.39, 0.29) is 12.1 Å². The third-order valence-corrected chi connectivity index (χ3v) is 5.66. The summed E-state index contributed by atoms with van der Waals surface area (Å²) >= 11 is 3.43. The monoisotopic (exact) mass is 546 g/mol. The maximum Gasteiger partial charge on any atom is 0.331 e. The van der Waals surface area contributed by atoms with E-state index in [1.54, 1.807) is 30.3 Å². The van der Waals surface area contributed by atoms with Crippen molar-refractivity contribution in [1.29, 1.82) is 0 Å². The van der Waals surface area contributed by atoms with Gasteiger partial charge in [-0.1, -0.05) is 13.0 Å². The van der Waals surface area contributed by atoms with Crippen LogP contribution in [0.4, 0.5) is 4.79 Å². The summed E-state index contributed by atoms with van der Waals surface area (Å²) in [4.78, 5) is 39.2. The van der Waals surface area contributed by atoms with Gasteiger partial charge in [-0.15, -0.1) is 0 Å². The molecule has 0 bridgehead atoms. The first-order chi connectivity index (χ1) is 16.8. The number of nitrogens with zero attached hydrogens (tertiary/aromatic N) is 1. The molecule has 0 radical (unpaired) electrons. The Labute approximate surface area is 212 Å². The number of carbonyl (C=O) groups is 3. The molecule has 1 fully saturated rings. The normalized spacial score (nSPS) is 14.7. The van der Waals surface area contributed by atoms with E-state index in [1.807, 2.05) is 13.8 Å². The molecule has 4 amide bonds. The number of halogens is 1. The quantitative estimate of drug-likeness (QED) is 0.349. The fraction of sp³-hybridized carbons (Fsp3) is 0.320. The highest BCUT2D eigenvalue weighted by Gasteiger charge is 2.36. The van der Waals surface area contributed by atoms with Gasteiger partial charge in [-0.05, 0) is 70.7 Å². The molecule has 1 heterocycles. The molecule has 9 nitrogen and oxygen atoms in total. The van der Waals surface area contributed by atoms with Gasteiger partial charge >= 0.3 is 6.03 Å². The number of amides is 4. The van der Waals surface area contributed by atoms with Crippen molar-refractivity contribution in [2.75, 3.05) is 27.4 Å². The number of urea groups is 1. The van der Waals surface area contributed by atoms with E-state index in [9.17, 15) is 14.4 Å². The van der Waals surface area contributed by atoms with Crippen LogP contribution in [0.15, 0.2) is 40.4 Å². The number of benzene rings is 2. The highest BCUT2D eigenvalue weighted by Crippen LogP contribution is 2.37. The highest BCUT2D eigenvalue weighted by molar-refractivity contribution is 9.10. The predicted octanol–water partition coefficient (Wildman–Crippen LogP) is 4.32. The fourth-order valence-corrected chi connectivity index (χ4v) is 4.01. The third kappa shape index (κ3) is 5.94. The minimum atomic E-state index is -0.798. The Hall–Kier alpha value is -3.53. The van der Waals surface area contributed by atoms with Gasteiger partial charge in [-0.25, -0.2) is 4.79 Å². The Morgan fingerprint density at radius 3 is 2.37 bits per heavy atom. The van der Waals surface area contributed by atoms with E-state index in [4.69, 9.17) is 18.9 Å². The number of methoxy groups -OCH3 is 2. The van der Waals surface area contributed by atoms with Crippen LogP contribution in [0.1, 0.15) is 31.4 Å². The Balaban J connectivity index is 1.90. The number of imide groups is 2. The molecule has 1 aliphatic heterocycles. The van der Waals surface area contributed by atoms with Crippen molar-refractivity contribution in [2.24, 2.45) is 0 Å². The second-order valence-electron chi connectivity index (χ2n) is 7.51. The van der Waals surface area contributed by atoms with E-state index in [1.165, 1.54) is 20.3 Å². The van der Waals surface area contributed by atoms with Gasteiger partial charge in [0.25, 0.3) is 11.8 Å². The Morgan fingerprint density at radius 2 is 1.71 bits per heavy atom. The summed E-state index contributed by atoms with van der Waals surface area (Å²) < 4.78 is 22.6. The lowest BCUT2D eigenvalue weighted by Crippen LogP contribution is -2.53. The van der Waals surface area contributed by atoms with E-state index < -0.39 is 17.8 Å². The number of ether oxygens (including phenoxy) is 4. The van der Waals surface area contributed by atoms with Crippen molar-refractivity contribution in [3.05, 3.63) is 51.5 Å². The Kier molecular flexibility index (Phi) is 8.75. The summed E-state index contributed by atoms with van der Waals surface area (Å²) in [5, 5.41) is 2.23. The molecule has 35 heavy (non-hydrogen) atoms. The van der Waals surface area contributed by atoms with Crippen LogP contribution in [-0.4, -0.2) is 50.2 Å². The number of nitrogens with one attached hydrogen (secondary N) is 1. The third-order valence-electron chi connectivity index (χ3n) is 5.07. The first-order valence-electron chi connectivity index (χ1n) is 11.0. The first kappa shape index (κ1) is 26.1. The number of rotatable bonds is 10. The SMILES string of the molecule is CCCOc1ccc(CN2C(=O)NC(=O)/C(=C\c3cc(Br)c(OCC)c(OC)c3)C2=O)cc1OC. The van der Waals surface area contributed by atoms with Crippen LogP contribution in [0.25, 0.3) is 6.08 Å². The van der Waals surface area contributed by atoms with Crippen LogP contribution in [0.5, 0.6) is 23.0 Å². The zero-order valence-electron chi connectivity index (χ0n) is 20.0. The van der Waals surface area contributed by atoms with E-state index in [0.29, 0.717) is 51.8 Å². The van der Waals surface area contributed by atoms with Crippen molar-refractivity contribution in [2.45, 2.75) is 26.8 Å². The molecular formula is C25H27BrN2O7. The van der Waals surface area contributed by atoms with Crippen molar-refractivity contribution in [3.63, 3.8) is 0 Å². The maximum absolute atomic E-state index is 13.2. The molecule has 0 atom stereocenters. The maximum atomic E-state index is 13.2. The number of barbiturate groups is 1. The first-order valence-corrected chi connectivity index (χ1v) is 11.8. The fourth-order valence-electron chi connectivity index (χ4n) is 3.44. The molecule has 186 valence electrons. The van der Waals surface area contributed by atoms with Crippen LogP contribution in [0.2, 0.25) is 0 Å². The van der Waals surface area contributed by atoms with Gasteiger partial charge in [-0.3, -0.25) is 19.8 Å². The van der Waals surface area contributed by atoms with Gasteiger partial charge in [0.05, 0.1) is 38.5 Å². The van der Waals surface area contributed by atoms with Gasteiger partial charge in [0.1, 0.15) is 5.57 Å². The second-order valence-corrected chi connectivity index (χ2v) is 8.36. The van der Waals surface area contributed by atoms with Gasteiger partial charge < -0.3 is 18.9 Å². The van der Waals surface area contributed by atoms with Crippen molar-refractivity contribution >= 4 is 39.9 Å². The van der Waals surface area contributed by atoms with Crippen LogP contribution >= 0.6 is 15.9 Å².